The highest BCUT2D eigenvalue weighted by Gasteiger charge is 2.21. The van der Waals surface area contributed by atoms with Crippen LogP contribution in [0.3, 0.4) is 0 Å². The summed E-state index contributed by atoms with van der Waals surface area (Å²) in [5.74, 6) is 0.935. The molecule has 0 amide bonds. The van der Waals surface area contributed by atoms with Crippen molar-refractivity contribution in [3.63, 3.8) is 0 Å². The van der Waals surface area contributed by atoms with E-state index in [1.54, 1.807) is 0 Å². The first-order valence-corrected chi connectivity index (χ1v) is 8.33. The monoisotopic (exact) mass is 316 g/mol. The first-order valence-electron chi connectivity index (χ1n) is 8.33. The number of fused-ring (bicyclic) bond motifs is 1. The third kappa shape index (κ3) is 3.17. The second-order valence-corrected chi connectivity index (χ2v) is 6.06. The Kier molecular flexibility index (Phi) is 4.26. The van der Waals surface area contributed by atoms with E-state index >= 15 is 0 Å². The summed E-state index contributed by atoms with van der Waals surface area (Å²) in [5.41, 5.74) is 5.07. The van der Waals surface area contributed by atoms with Crippen molar-refractivity contribution in [1.29, 1.82) is 0 Å². The lowest BCUT2D eigenvalue weighted by Gasteiger charge is -2.27. The minimum Gasteiger partial charge on any atom is -0.489 e. The van der Waals surface area contributed by atoms with E-state index in [0.29, 0.717) is 6.61 Å². The Balaban J connectivity index is 1.54. The highest BCUT2D eigenvalue weighted by Crippen LogP contribution is 2.31. The van der Waals surface area contributed by atoms with Crippen LogP contribution in [0.15, 0.2) is 73.1 Å². The van der Waals surface area contributed by atoms with Crippen molar-refractivity contribution < 1.29 is 4.74 Å². The molecule has 2 aromatic carbocycles. The van der Waals surface area contributed by atoms with Crippen LogP contribution in [-0.4, -0.2) is 11.5 Å². The van der Waals surface area contributed by atoms with Crippen molar-refractivity contribution in [1.82, 2.24) is 10.3 Å². The normalized spacial score (nSPS) is 16.4. The molecule has 1 aromatic heterocycles. The van der Waals surface area contributed by atoms with Gasteiger partial charge in [0.25, 0.3) is 0 Å². The number of pyridine rings is 1. The molecular formula is C21H20N2O. The van der Waals surface area contributed by atoms with Crippen LogP contribution in [0.5, 0.6) is 5.75 Å². The number of ether oxygens (including phenoxy) is 1. The first-order chi connectivity index (χ1) is 11.9. The van der Waals surface area contributed by atoms with Gasteiger partial charge in [-0.25, -0.2) is 0 Å². The number of rotatable bonds is 4. The van der Waals surface area contributed by atoms with Gasteiger partial charge in [-0.05, 0) is 46.9 Å². The van der Waals surface area contributed by atoms with Crippen molar-refractivity contribution in [2.75, 3.05) is 6.54 Å². The number of nitrogens with zero attached hydrogens (tertiary/aromatic N) is 1. The topological polar surface area (TPSA) is 34.1 Å². The molecule has 0 bridgehead atoms. The largest absolute Gasteiger partial charge is 0.489 e. The van der Waals surface area contributed by atoms with E-state index in [4.69, 9.17) is 4.74 Å². The maximum absolute atomic E-state index is 5.97. The van der Waals surface area contributed by atoms with Crippen molar-refractivity contribution in [2.45, 2.75) is 19.1 Å². The molecule has 3 aromatic rings. The number of hydrogen-bond donors (Lipinski definition) is 1. The summed E-state index contributed by atoms with van der Waals surface area (Å²) in [6, 6.07) is 21.0. The maximum Gasteiger partial charge on any atom is 0.120 e. The molecular weight excluding hydrogens is 296 g/mol. The van der Waals surface area contributed by atoms with Crippen LogP contribution in [0.25, 0.3) is 0 Å². The molecule has 0 saturated carbocycles. The lowest BCUT2D eigenvalue weighted by Crippen LogP contribution is -2.30. The number of benzene rings is 2. The fraction of sp³-hybridized carbons (Fsp3) is 0.190. The molecule has 0 spiro atoms. The molecule has 0 fully saturated rings. The summed E-state index contributed by atoms with van der Waals surface area (Å²) < 4.78 is 5.97. The van der Waals surface area contributed by atoms with E-state index < -0.39 is 0 Å². The molecule has 24 heavy (non-hydrogen) atoms. The molecule has 3 nitrogen and oxygen atoms in total. The van der Waals surface area contributed by atoms with Gasteiger partial charge in [-0.1, -0.05) is 42.5 Å². The fourth-order valence-corrected chi connectivity index (χ4v) is 3.22. The number of nitrogens with one attached hydrogen (secondary N) is 1. The van der Waals surface area contributed by atoms with E-state index in [1.165, 1.54) is 22.3 Å². The molecule has 1 N–H and O–H groups in total. The minimum atomic E-state index is 0.214. The van der Waals surface area contributed by atoms with Crippen LogP contribution in [0.4, 0.5) is 0 Å². The zero-order chi connectivity index (χ0) is 16.2. The van der Waals surface area contributed by atoms with Gasteiger partial charge in [0, 0.05) is 18.9 Å². The van der Waals surface area contributed by atoms with Gasteiger partial charge in [-0.3, -0.25) is 4.98 Å². The molecule has 1 aliphatic heterocycles. The molecule has 0 saturated heterocycles. The van der Waals surface area contributed by atoms with Crippen LogP contribution < -0.4 is 10.1 Å². The lowest BCUT2D eigenvalue weighted by atomic mass is 9.90. The Morgan fingerprint density at radius 3 is 2.79 bits per heavy atom. The second-order valence-electron chi connectivity index (χ2n) is 6.06. The summed E-state index contributed by atoms with van der Waals surface area (Å²) in [7, 11) is 0. The summed E-state index contributed by atoms with van der Waals surface area (Å²) in [6.45, 7) is 1.57. The van der Waals surface area contributed by atoms with Gasteiger partial charge in [0.15, 0.2) is 0 Å². The molecule has 0 radical (unpaired) electrons. The predicted molar refractivity (Wildman–Crippen MR) is 95.0 cm³/mol. The van der Waals surface area contributed by atoms with E-state index in [9.17, 15) is 0 Å². The highest BCUT2D eigenvalue weighted by molar-refractivity contribution is 5.43. The predicted octanol–water partition coefficient (Wildman–Crippen LogP) is 3.90. The fourth-order valence-electron chi connectivity index (χ4n) is 3.22. The van der Waals surface area contributed by atoms with E-state index in [2.05, 4.69) is 46.7 Å². The van der Waals surface area contributed by atoms with E-state index in [-0.39, 0.29) is 6.04 Å². The first kappa shape index (κ1) is 14.9. The van der Waals surface area contributed by atoms with E-state index in [1.807, 2.05) is 36.7 Å². The van der Waals surface area contributed by atoms with Crippen molar-refractivity contribution >= 4 is 0 Å². The lowest BCUT2D eigenvalue weighted by molar-refractivity contribution is 0.305. The summed E-state index contributed by atoms with van der Waals surface area (Å²) in [4.78, 5) is 4.25. The molecule has 1 atom stereocenters. The molecule has 1 aliphatic rings. The summed E-state index contributed by atoms with van der Waals surface area (Å²) in [6.07, 6.45) is 4.77. The third-order valence-corrected chi connectivity index (χ3v) is 4.43. The van der Waals surface area contributed by atoms with Crippen LogP contribution in [0.2, 0.25) is 0 Å². The molecule has 2 heterocycles. The van der Waals surface area contributed by atoms with Gasteiger partial charge in [-0.2, -0.15) is 0 Å². The summed E-state index contributed by atoms with van der Waals surface area (Å²) in [5, 5.41) is 3.59. The average molecular weight is 316 g/mol. The van der Waals surface area contributed by atoms with Gasteiger partial charge in [-0.15, -0.1) is 0 Å². The zero-order valence-corrected chi connectivity index (χ0v) is 13.5. The average Bonchev–Trinajstić information content (AvgIpc) is 2.67. The maximum atomic E-state index is 5.97. The van der Waals surface area contributed by atoms with Crippen molar-refractivity contribution in [2.24, 2.45) is 0 Å². The third-order valence-electron chi connectivity index (χ3n) is 4.43. The molecule has 3 heteroatoms. The van der Waals surface area contributed by atoms with Gasteiger partial charge in [0.1, 0.15) is 12.4 Å². The number of hydrogen-bond acceptors (Lipinski definition) is 3. The standard InChI is InChI=1S/C21H20N2O/c1-2-5-16(6-3-1)15-24-19-8-9-20-17(13-19)10-12-23-21(20)18-7-4-11-22-14-18/h1-9,11,13-14,21,23H,10,12,15H2. The Morgan fingerprint density at radius 1 is 1.04 bits per heavy atom. The quantitative estimate of drug-likeness (QED) is 0.793. The van der Waals surface area contributed by atoms with Crippen LogP contribution >= 0.6 is 0 Å². The van der Waals surface area contributed by atoms with Gasteiger partial charge >= 0.3 is 0 Å². The van der Waals surface area contributed by atoms with E-state index in [0.717, 1.165) is 18.7 Å². The minimum absolute atomic E-state index is 0.214. The Morgan fingerprint density at radius 2 is 1.96 bits per heavy atom. The number of aromatic nitrogens is 1. The molecule has 120 valence electrons. The highest BCUT2D eigenvalue weighted by atomic mass is 16.5. The Hall–Kier alpha value is -2.65. The van der Waals surface area contributed by atoms with Gasteiger partial charge in [0.05, 0.1) is 6.04 Å². The van der Waals surface area contributed by atoms with Crippen LogP contribution in [-0.2, 0) is 13.0 Å². The van der Waals surface area contributed by atoms with Crippen molar-refractivity contribution in [3.05, 3.63) is 95.3 Å². The summed E-state index contributed by atoms with van der Waals surface area (Å²) >= 11 is 0. The van der Waals surface area contributed by atoms with Crippen LogP contribution in [0, 0.1) is 0 Å². The van der Waals surface area contributed by atoms with Gasteiger partial charge < -0.3 is 10.1 Å². The Labute approximate surface area is 142 Å². The Bertz CT molecular complexity index is 803. The van der Waals surface area contributed by atoms with Crippen molar-refractivity contribution in [3.8, 4) is 5.75 Å². The smallest absolute Gasteiger partial charge is 0.120 e. The van der Waals surface area contributed by atoms with Gasteiger partial charge in [0.2, 0.25) is 0 Å². The SMILES string of the molecule is c1ccc(COc2ccc3c(c2)CCNC3c2cccnc2)cc1. The zero-order valence-electron chi connectivity index (χ0n) is 13.5. The molecule has 0 aliphatic carbocycles. The second kappa shape index (κ2) is 6.85. The molecule has 1 unspecified atom stereocenters. The molecule has 4 rings (SSSR count). The van der Waals surface area contributed by atoms with Crippen LogP contribution in [0.1, 0.15) is 28.3 Å².